The molecule has 0 aliphatic heterocycles. The first-order valence-corrected chi connectivity index (χ1v) is 7.78. The van der Waals surface area contributed by atoms with E-state index >= 15 is 0 Å². The molecule has 0 aliphatic carbocycles. The molecule has 5 heteroatoms. The lowest BCUT2D eigenvalue weighted by Gasteiger charge is -2.09. The predicted molar refractivity (Wildman–Crippen MR) is 95.1 cm³/mol. The van der Waals surface area contributed by atoms with Crippen molar-refractivity contribution in [1.29, 1.82) is 0 Å². The summed E-state index contributed by atoms with van der Waals surface area (Å²) in [5.41, 5.74) is 0.622. The molecule has 0 atom stereocenters. The fourth-order valence-corrected chi connectivity index (χ4v) is 2.86. The molecule has 4 rings (SSSR count). The Morgan fingerprint density at radius 2 is 1.58 bits per heavy atom. The number of nitrogens with zero attached hydrogens (tertiary/aromatic N) is 2. The summed E-state index contributed by atoms with van der Waals surface area (Å²) >= 11 is 6.28. The van der Waals surface area contributed by atoms with Crippen molar-refractivity contribution in [3.63, 3.8) is 0 Å². The van der Waals surface area contributed by atoms with Crippen LogP contribution in [0.1, 0.15) is 0 Å². The second-order valence-electron chi connectivity index (χ2n) is 5.26. The SMILES string of the molecule is COc1ccc(Oc2ccc3c(Cl)nc4ncccc4c3c2)cc1. The molecule has 0 aliphatic rings. The number of benzene rings is 2. The van der Waals surface area contributed by atoms with E-state index in [4.69, 9.17) is 21.1 Å². The zero-order valence-electron chi connectivity index (χ0n) is 12.9. The van der Waals surface area contributed by atoms with Crippen LogP contribution in [-0.4, -0.2) is 17.1 Å². The first-order chi connectivity index (χ1) is 11.7. The molecule has 118 valence electrons. The average Bonchev–Trinajstić information content (AvgIpc) is 2.62. The maximum atomic E-state index is 6.28. The first kappa shape index (κ1) is 14.7. The van der Waals surface area contributed by atoms with Crippen molar-refractivity contribution in [3.8, 4) is 17.2 Å². The van der Waals surface area contributed by atoms with Crippen molar-refractivity contribution in [1.82, 2.24) is 9.97 Å². The Morgan fingerprint density at radius 3 is 2.38 bits per heavy atom. The third-order valence-corrected chi connectivity index (χ3v) is 4.08. The molecule has 0 unspecified atom stereocenters. The van der Waals surface area contributed by atoms with E-state index in [1.807, 2.05) is 54.6 Å². The van der Waals surface area contributed by atoms with Crippen LogP contribution in [0.4, 0.5) is 0 Å². The molecule has 0 saturated heterocycles. The summed E-state index contributed by atoms with van der Waals surface area (Å²) in [7, 11) is 1.64. The standard InChI is InChI=1S/C19H13ClN2O2/c1-23-12-4-6-13(7-5-12)24-14-8-9-15-17(11-14)16-3-2-10-21-19(16)22-18(15)20/h2-11H,1H3. The van der Waals surface area contributed by atoms with Crippen molar-refractivity contribution in [2.45, 2.75) is 0 Å². The zero-order valence-corrected chi connectivity index (χ0v) is 13.6. The topological polar surface area (TPSA) is 44.2 Å². The minimum Gasteiger partial charge on any atom is -0.497 e. The van der Waals surface area contributed by atoms with Crippen molar-refractivity contribution in [2.24, 2.45) is 0 Å². The number of rotatable bonds is 3. The lowest BCUT2D eigenvalue weighted by atomic mass is 10.1. The predicted octanol–water partition coefficient (Wildman–Crippen LogP) is 5.24. The van der Waals surface area contributed by atoms with Gasteiger partial charge >= 0.3 is 0 Å². The third-order valence-electron chi connectivity index (χ3n) is 3.79. The van der Waals surface area contributed by atoms with E-state index in [0.717, 1.165) is 33.4 Å². The molecule has 0 amide bonds. The quantitative estimate of drug-likeness (QED) is 0.379. The lowest BCUT2D eigenvalue weighted by molar-refractivity contribution is 0.413. The van der Waals surface area contributed by atoms with Gasteiger partial charge in [-0.3, -0.25) is 0 Å². The van der Waals surface area contributed by atoms with Crippen molar-refractivity contribution < 1.29 is 9.47 Å². The molecule has 0 spiro atoms. The van der Waals surface area contributed by atoms with Crippen molar-refractivity contribution >= 4 is 33.4 Å². The van der Waals surface area contributed by atoms with Crippen LogP contribution >= 0.6 is 11.6 Å². The van der Waals surface area contributed by atoms with Crippen LogP contribution in [0.2, 0.25) is 5.15 Å². The highest BCUT2D eigenvalue weighted by Gasteiger charge is 2.09. The number of aromatic nitrogens is 2. The van der Waals surface area contributed by atoms with E-state index in [1.54, 1.807) is 13.3 Å². The number of fused-ring (bicyclic) bond motifs is 3. The Balaban J connectivity index is 1.80. The largest absolute Gasteiger partial charge is 0.497 e. The van der Waals surface area contributed by atoms with Crippen molar-refractivity contribution in [2.75, 3.05) is 7.11 Å². The van der Waals surface area contributed by atoms with Gasteiger partial charge in [-0.05, 0) is 60.0 Å². The van der Waals surface area contributed by atoms with Gasteiger partial charge in [0, 0.05) is 17.0 Å². The van der Waals surface area contributed by atoms with Gasteiger partial charge in [0.2, 0.25) is 0 Å². The van der Waals surface area contributed by atoms with Gasteiger partial charge in [0.1, 0.15) is 22.4 Å². The highest BCUT2D eigenvalue weighted by Crippen LogP contribution is 2.33. The molecule has 4 aromatic rings. The normalized spacial score (nSPS) is 10.9. The summed E-state index contributed by atoms with van der Waals surface area (Å²) in [5, 5.41) is 3.22. The van der Waals surface area contributed by atoms with Crippen LogP contribution in [0, 0.1) is 0 Å². The summed E-state index contributed by atoms with van der Waals surface area (Å²) < 4.78 is 11.1. The maximum Gasteiger partial charge on any atom is 0.161 e. The first-order valence-electron chi connectivity index (χ1n) is 7.40. The fraction of sp³-hybridized carbons (Fsp3) is 0.0526. The fourth-order valence-electron chi connectivity index (χ4n) is 2.62. The van der Waals surface area contributed by atoms with Crippen LogP contribution < -0.4 is 9.47 Å². The Hall–Kier alpha value is -2.85. The Kier molecular flexibility index (Phi) is 3.67. The molecular weight excluding hydrogens is 324 g/mol. The number of halogens is 1. The van der Waals surface area contributed by atoms with Crippen LogP contribution in [0.5, 0.6) is 17.2 Å². The van der Waals surface area contributed by atoms with Crippen molar-refractivity contribution in [3.05, 3.63) is 65.9 Å². The number of ether oxygens (including phenoxy) is 2. The highest BCUT2D eigenvalue weighted by molar-refractivity contribution is 6.35. The Labute approximate surface area is 143 Å². The molecule has 0 N–H and O–H groups in total. The van der Waals surface area contributed by atoms with E-state index in [9.17, 15) is 0 Å². The van der Waals surface area contributed by atoms with E-state index in [0.29, 0.717) is 10.8 Å². The third kappa shape index (κ3) is 2.61. The van der Waals surface area contributed by atoms with Crippen LogP contribution in [-0.2, 0) is 0 Å². The van der Waals surface area contributed by atoms with Gasteiger partial charge in [0.25, 0.3) is 0 Å². The van der Waals surface area contributed by atoms with Gasteiger partial charge in [-0.2, -0.15) is 0 Å². The molecule has 0 saturated carbocycles. The molecule has 2 aromatic carbocycles. The average molecular weight is 337 g/mol. The second-order valence-corrected chi connectivity index (χ2v) is 5.62. The molecule has 0 fully saturated rings. The summed E-state index contributed by atoms with van der Waals surface area (Å²) in [6.45, 7) is 0. The van der Waals surface area contributed by atoms with Gasteiger partial charge < -0.3 is 9.47 Å². The maximum absolute atomic E-state index is 6.28. The minimum atomic E-state index is 0.437. The van der Waals surface area contributed by atoms with E-state index in [-0.39, 0.29) is 0 Å². The van der Waals surface area contributed by atoms with E-state index in [2.05, 4.69) is 9.97 Å². The Morgan fingerprint density at radius 1 is 0.833 bits per heavy atom. The number of pyridine rings is 2. The van der Waals surface area contributed by atoms with E-state index < -0.39 is 0 Å². The van der Waals surface area contributed by atoms with Crippen LogP contribution in [0.15, 0.2) is 60.8 Å². The van der Waals surface area contributed by atoms with Gasteiger partial charge in [-0.25, -0.2) is 9.97 Å². The molecule has 0 bridgehead atoms. The number of methoxy groups -OCH3 is 1. The Bertz CT molecular complexity index is 1030. The van der Waals surface area contributed by atoms with E-state index in [1.165, 1.54) is 0 Å². The molecule has 0 radical (unpaired) electrons. The summed E-state index contributed by atoms with van der Waals surface area (Å²) in [6, 6.07) is 17.0. The molecule has 2 aromatic heterocycles. The van der Waals surface area contributed by atoms with Gasteiger partial charge in [0.15, 0.2) is 5.65 Å². The van der Waals surface area contributed by atoms with Crippen LogP contribution in [0.3, 0.4) is 0 Å². The molecular formula is C19H13ClN2O2. The summed E-state index contributed by atoms with van der Waals surface area (Å²) in [5.74, 6) is 2.24. The number of hydrogen-bond acceptors (Lipinski definition) is 4. The van der Waals surface area contributed by atoms with Gasteiger partial charge in [0.05, 0.1) is 7.11 Å². The summed E-state index contributed by atoms with van der Waals surface area (Å²) in [6.07, 6.45) is 1.70. The second kappa shape index (κ2) is 5.98. The molecule has 24 heavy (non-hydrogen) atoms. The minimum absolute atomic E-state index is 0.437. The smallest absolute Gasteiger partial charge is 0.161 e. The van der Waals surface area contributed by atoms with Gasteiger partial charge in [-0.1, -0.05) is 11.6 Å². The highest BCUT2D eigenvalue weighted by atomic mass is 35.5. The monoisotopic (exact) mass is 336 g/mol. The number of hydrogen-bond donors (Lipinski definition) is 0. The lowest BCUT2D eigenvalue weighted by Crippen LogP contribution is -1.89. The molecule has 2 heterocycles. The van der Waals surface area contributed by atoms with Crippen LogP contribution in [0.25, 0.3) is 21.8 Å². The summed E-state index contributed by atoms with van der Waals surface area (Å²) in [4.78, 5) is 8.61. The molecule has 4 nitrogen and oxygen atoms in total. The zero-order chi connectivity index (χ0) is 16.5. The van der Waals surface area contributed by atoms with Gasteiger partial charge in [-0.15, -0.1) is 0 Å².